The van der Waals surface area contributed by atoms with Crippen LogP contribution < -0.4 is 5.73 Å². The number of fused-ring (bicyclic) bond motifs is 1. The predicted octanol–water partition coefficient (Wildman–Crippen LogP) is 1.91. The number of nitrogens with two attached hydrogens (primary N) is 1. The van der Waals surface area contributed by atoms with E-state index in [4.69, 9.17) is 10.2 Å². The van der Waals surface area contributed by atoms with E-state index in [0.29, 0.717) is 17.0 Å². The smallest absolute Gasteiger partial charge is 0.215 e. The van der Waals surface area contributed by atoms with Crippen LogP contribution in [0.3, 0.4) is 0 Å². The average molecular weight is 192 g/mol. The lowest BCUT2D eigenvalue weighted by Gasteiger charge is -1.99. The zero-order valence-electron chi connectivity index (χ0n) is 7.46. The van der Waals surface area contributed by atoms with Crippen LogP contribution in [-0.4, -0.2) is 4.98 Å². The molecule has 1 saturated carbocycles. The largest absolute Gasteiger partial charge is 0.439 e. The second kappa shape index (κ2) is 2.33. The van der Waals surface area contributed by atoms with Gasteiger partial charge in [0.05, 0.1) is 5.54 Å². The third-order valence-electron chi connectivity index (χ3n) is 2.56. The molecule has 1 aromatic heterocycles. The van der Waals surface area contributed by atoms with Crippen LogP contribution in [0.5, 0.6) is 0 Å². The Balaban J connectivity index is 2.20. The summed E-state index contributed by atoms with van der Waals surface area (Å²) in [4.78, 5) is 4.18. The van der Waals surface area contributed by atoms with E-state index in [1.807, 2.05) is 0 Å². The van der Waals surface area contributed by atoms with Crippen molar-refractivity contribution in [3.05, 3.63) is 29.9 Å². The van der Waals surface area contributed by atoms with Gasteiger partial charge in [0.25, 0.3) is 0 Å². The predicted molar refractivity (Wildman–Crippen MR) is 49.1 cm³/mol. The Kier molecular flexibility index (Phi) is 1.32. The van der Waals surface area contributed by atoms with Gasteiger partial charge in [-0.05, 0) is 25.0 Å². The molecule has 2 aromatic rings. The van der Waals surface area contributed by atoms with Gasteiger partial charge in [0, 0.05) is 6.07 Å². The molecule has 3 nitrogen and oxygen atoms in total. The Morgan fingerprint density at radius 2 is 2.21 bits per heavy atom. The molecule has 1 fully saturated rings. The molecule has 0 radical (unpaired) electrons. The maximum Gasteiger partial charge on any atom is 0.215 e. The van der Waals surface area contributed by atoms with E-state index in [0.717, 1.165) is 12.8 Å². The fraction of sp³-hybridized carbons (Fsp3) is 0.300. The topological polar surface area (TPSA) is 52.0 Å². The molecule has 1 aliphatic rings. The number of nitrogens with zero attached hydrogens (tertiary/aromatic N) is 1. The molecule has 1 heterocycles. The van der Waals surface area contributed by atoms with Gasteiger partial charge in [-0.2, -0.15) is 0 Å². The second-order valence-electron chi connectivity index (χ2n) is 3.79. The monoisotopic (exact) mass is 192 g/mol. The van der Waals surface area contributed by atoms with E-state index in [1.54, 1.807) is 6.07 Å². The van der Waals surface area contributed by atoms with Crippen molar-refractivity contribution in [3.8, 4) is 0 Å². The first-order valence-electron chi connectivity index (χ1n) is 4.53. The van der Waals surface area contributed by atoms with Gasteiger partial charge in [0.15, 0.2) is 5.58 Å². The van der Waals surface area contributed by atoms with Crippen LogP contribution in [0.2, 0.25) is 0 Å². The van der Waals surface area contributed by atoms with E-state index in [-0.39, 0.29) is 5.82 Å². The molecule has 0 aliphatic heterocycles. The molecule has 1 aliphatic carbocycles. The number of hydrogen-bond donors (Lipinski definition) is 1. The van der Waals surface area contributed by atoms with Crippen molar-refractivity contribution in [2.75, 3.05) is 0 Å². The third kappa shape index (κ3) is 1.04. The summed E-state index contributed by atoms with van der Waals surface area (Å²) in [6, 6.07) is 4.29. The van der Waals surface area contributed by atoms with E-state index in [1.165, 1.54) is 12.1 Å². The minimum Gasteiger partial charge on any atom is -0.439 e. The third-order valence-corrected chi connectivity index (χ3v) is 2.56. The first-order valence-corrected chi connectivity index (χ1v) is 4.53. The molecule has 14 heavy (non-hydrogen) atoms. The molecule has 0 unspecified atom stereocenters. The van der Waals surface area contributed by atoms with E-state index >= 15 is 0 Å². The summed E-state index contributed by atoms with van der Waals surface area (Å²) in [5.74, 6) is 0.220. The molecule has 4 heteroatoms. The number of halogens is 1. The van der Waals surface area contributed by atoms with E-state index < -0.39 is 5.54 Å². The Bertz CT molecular complexity index is 502. The maximum absolute atomic E-state index is 12.8. The van der Waals surface area contributed by atoms with Crippen molar-refractivity contribution >= 4 is 11.1 Å². The first kappa shape index (κ1) is 7.94. The molecule has 0 amide bonds. The highest BCUT2D eigenvalue weighted by Crippen LogP contribution is 2.42. The summed E-state index contributed by atoms with van der Waals surface area (Å²) in [5, 5.41) is 0. The number of hydrogen-bond acceptors (Lipinski definition) is 3. The SMILES string of the molecule is NC1(c2nc3cc(F)ccc3o2)CC1. The van der Waals surface area contributed by atoms with Gasteiger partial charge in [-0.25, -0.2) is 9.37 Å². The maximum atomic E-state index is 12.8. The number of aromatic nitrogens is 1. The quantitative estimate of drug-likeness (QED) is 0.750. The Hall–Kier alpha value is -1.42. The van der Waals surface area contributed by atoms with Gasteiger partial charge in [0.2, 0.25) is 5.89 Å². The second-order valence-corrected chi connectivity index (χ2v) is 3.79. The van der Waals surface area contributed by atoms with Crippen LogP contribution in [0, 0.1) is 5.82 Å². The molecule has 0 atom stereocenters. The molecule has 0 bridgehead atoms. The van der Waals surface area contributed by atoms with Crippen molar-refractivity contribution < 1.29 is 8.81 Å². The Morgan fingerprint density at radius 1 is 1.43 bits per heavy atom. The van der Waals surface area contributed by atoms with Crippen molar-refractivity contribution in [1.82, 2.24) is 4.98 Å². The minimum atomic E-state index is -0.393. The highest BCUT2D eigenvalue weighted by Gasteiger charge is 2.44. The lowest BCUT2D eigenvalue weighted by Crippen LogP contribution is -2.18. The summed E-state index contributed by atoms with van der Waals surface area (Å²) < 4.78 is 18.3. The molecule has 0 saturated heterocycles. The highest BCUT2D eigenvalue weighted by atomic mass is 19.1. The zero-order valence-corrected chi connectivity index (χ0v) is 7.46. The van der Waals surface area contributed by atoms with Crippen LogP contribution in [0.4, 0.5) is 4.39 Å². The molecule has 3 rings (SSSR count). The minimum absolute atomic E-state index is 0.306. The fourth-order valence-corrected chi connectivity index (χ4v) is 1.46. The average Bonchev–Trinajstić information content (AvgIpc) is 2.77. The van der Waals surface area contributed by atoms with Crippen molar-refractivity contribution in [3.63, 3.8) is 0 Å². The Labute approximate surface area is 79.7 Å². The van der Waals surface area contributed by atoms with Gasteiger partial charge in [-0.1, -0.05) is 0 Å². The number of rotatable bonds is 1. The van der Waals surface area contributed by atoms with Gasteiger partial charge in [-0.15, -0.1) is 0 Å². The molecular formula is C10H9FN2O. The highest BCUT2D eigenvalue weighted by molar-refractivity contribution is 5.72. The normalized spacial score (nSPS) is 18.7. The summed E-state index contributed by atoms with van der Waals surface area (Å²) in [6.07, 6.45) is 1.78. The van der Waals surface area contributed by atoms with Gasteiger partial charge >= 0.3 is 0 Å². The molecule has 2 N–H and O–H groups in total. The van der Waals surface area contributed by atoms with Gasteiger partial charge < -0.3 is 10.2 Å². The summed E-state index contributed by atoms with van der Waals surface area (Å²) in [7, 11) is 0. The molecule has 0 spiro atoms. The number of oxazole rings is 1. The van der Waals surface area contributed by atoms with Crippen LogP contribution in [0.15, 0.2) is 22.6 Å². The fourth-order valence-electron chi connectivity index (χ4n) is 1.46. The summed E-state index contributed by atoms with van der Waals surface area (Å²) in [5.41, 5.74) is 6.66. The molecule has 72 valence electrons. The van der Waals surface area contributed by atoms with Crippen LogP contribution in [0.1, 0.15) is 18.7 Å². The standard InChI is InChI=1S/C10H9FN2O/c11-6-1-2-8-7(5-6)13-9(14-8)10(12)3-4-10/h1-2,5H,3-4,12H2. The first-order chi connectivity index (χ1) is 6.67. The summed E-state index contributed by atoms with van der Waals surface area (Å²) >= 11 is 0. The lowest BCUT2D eigenvalue weighted by molar-refractivity contribution is 0.465. The van der Waals surface area contributed by atoms with Crippen molar-refractivity contribution in [1.29, 1.82) is 0 Å². The van der Waals surface area contributed by atoms with Gasteiger partial charge in [-0.3, -0.25) is 0 Å². The Morgan fingerprint density at radius 3 is 2.93 bits per heavy atom. The van der Waals surface area contributed by atoms with Crippen molar-refractivity contribution in [2.24, 2.45) is 5.73 Å². The van der Waals surface area contributed by atoms with E-state index in [9.17, 15) is 4.39 Å². The van der Waals surface area contributed by atoms with Crippen LogP contribution in [0.25, 0.3) is 11.1 Å². The van der Waals surface area contributed by atoms with E-state index in [2.05, 4.69) is 4.98 Å². The lowest BCUT2D eigenvalue weighted by atomic mass is 10.3. The van der Waals surface area contributed by atoms with Gasteiger partial charge in [0.1, 0.15) is 11.3 Å². The molecule has 1 aromatic carbocycles. The van der Waals surface area contributed by atoms with Crippen LogP contribution in [-0.2, 0) is 5.54 Å². The molecular weight excluding hydrogens is 183 g/mol. The zero-order chi connectivity index (χ0) is 9.76. The van der Waals surface area contributed by atoms with Crippen molar-refractivity contribution in [2.45, 2.75) is 18.4 Å². The summed E-state index contributed by atoms with van der Waals surface area (Å²) in [6.45, 7) is 0. The number of benzene rings is 1. The van der Waals surface area contributed by atoms with Crippen LogP contribution >= 0.6 is 0 Å².